The summed E-state index contributed by atoms with van der Waals surface area (Å²) in [6.07, 6.45) is 2.51. The zero-order chi connectivity index (χ0) is 24.1. The van der Waals surface area contributed by atoms with Crippen LogP contribution >= 0.6 is 0 Å². The molecule has 1 aromatic carbocycles. The van der Waals surface area contributed by atoms with Crippen LogP contribution in [0.3, 0.4) is 0 Å². The van der Waals surface area contributed by atoms with E-state index in [0.717, 1.165) is 84.5 Å². The van der Waals surface area contributed by atoms with E-state index in [0.29, 0.717) is 12.1 Å². The molecule has 8 heteroatoms. The largest absolute Gasteiger partial charge is 0.496 e. The average molecular weight is 476 g/mol. The van der Waals surface area contributed by atoms with Crippen molar-refractivity contribution in [1.29, 1.82) is 0 Å². The minimum Gasteiger partial charge on any atom is -0.496 e. The van der Waals surface area contributed by atoms with Crippen LogP contribution in [0.5, 0.6) is 5.75 Å². The maximum Gasteiger partial charge on any atom is 0.230 e. The number of rotatable bonds is 4. The summed E-state index contributed by atoms with van der Waals surface area (Å²) in [5.41, 5.74) is 3.75. The van der Waals surface area contributed by atoms with E-state index in [2.05, 4.69) is 54.8 Å². The summed E-state index contributed by atoms with van der Waals surface area (Å²) in [7, 11) is 1.70. The monoisotopic (exact) mass is 475 g/mol. The standard InChI is InChI=1S/C27H33N5O3/c1-16-11-19(5-10-24(16)33-4)23-9-8-22-25(28-23)29-27(32-20-6-7-21(32)15-34-14-20)30-26(22)31-12-17(2)35-18(3)13-31/h5,8-11,17-18,20-21H,6-7,12-15H2,1-4H3/t17-,18+,20-,21+. The third kappa shape index (κ3) is 4.08. The van der Waals surface area contributed by atoms with Crippen molar-refractivity contribution in [2.75, 3.05) is 43.2 Å². The second-order valence-electron chi connectivity index (χ2n) is 10.1. The zero-order valence-electron chi connectivity index (χ0n) is 20.9. The van der Waals surface area contributed by atoms with Crippen LogP contribution < -0.4 is 14.5 Å². The highest BCUT2D eigenvalue weighted by Gasteiger charge is 2.39. The van der Waals surface area contributed by atoms with E-state index >= 15 is 0 Å². The van der Waals surface area contributed by atoms with Crippen LogP contribution in [0.1, 0.15) is 32.3 Å². The van der Waals surface area contributed by atoms with Gasteiger partial charge in [0.25, 0.3) is 0 Å². The fourth-order valence-corrected chi connectivity index (χ4v) is 5.84. The molecule has 5 heterocycles. The van der Waals surface area contributed by atoms with Gasteiger partial charge >= 0.3 is 0 Å². The number of morpholine rings is 2. The summed E-state index contributed by atoms with van der Waals surface area (Å²) < 4.78 is 17.3. The average Bonchev–Trinajstić information content (AvgIpc) is 3.10. The fraction of sp³-hybridized carbons (Fsp3) is 0.519. The number of ether oxygens (including phenoxy) is 3. The summed E-state index contributed by atoms with van der Waals surface area (Å²) in [6.45, 7) is 9.36. The number of benzene rings is 1. The smallest absolute Gasteiger partial charge is 0.230 e. The van der Waals surface area contributed by atoms with Crippen molar-refractivity contribution in [3.05, 3.63) is 35.9 Å². The van der Waals surface area contributed by atoms with E-state index in [-0.39, 0.29) is 12.2 Å². The van der Waals surface area contributed by atoms with Crippen LogP contribution in [0.2, 0.25) is 0 Å². The zero-order valence-corrected chi connectivity index (χ0v) is 20.9. The van der Waals surface area contributed by atoms with Crippen molar-refractivity contribution >= 4 is 22.8 Å². The molecule has 3 aliphatic heterocycles. The number of hydrogen-bond acceptors (Lipinski definition) is 8. The normalized spacial score (nSPS) is 26.4. The summed E-state index contributed by atoms with van der Waals surface area (Å²) in [5.74, 6) is 2.59. The van der Waals surface area contributed by atoms with Gasteiger partial charge < -0.3 is 24.0 Å². The van der Waals surface area contributed by atoms with Gasteiger partial charge in [0.05, 0.1) is 55.7 Å². The lowest BCUT2D eigenvalue weighted by atomic mass is 10.1. The maximum absolute atomic E-state index is 6.01. The third-order valence-corrected chi connectivity index (χ3v) is 7.41. The lowest BCUT2D eigenvalue weighted by Gasteiger charge is -2.38. The lowest BCUT2D eigenvalue weighted by Crippen LogP contribution is -2.48. The molecular weight excluding hydrogens is 442 g/mol. The quantitative estimate of drug-likeness (QED) is 0.561. The molecule has 0 amide bonds. The molecule has 3 aromatic rings. The molecule has 2 aromatic heterocycles. The van der Waals surface area contributed by atoms with Crippen molar-refractivity contribution in [3.63, 3.8) is 0 Å². The lowest BCUT2D eigenvalue weighted by molar-refractivity contribution is -0.00537. The first-order valence-corrected chi connectivity index (χ1v) is 12.6. The highest BCUT2D eigenvalue weighted by Crippen LogP contribution is 2.36. The molecular formula is C27H33N5O3. The molecule has 3 saturated heterocycles. The van der Waals surface area contributed by atoms with Crippen LogP contribution in [0.15, 0.2) is 30.3 Å². The van der Waals surface area contributed by atoms with Gasteiger partial charge in [-0.25, -0.2) is 4.98 Å². The van der Waals surface area contributed by atoms with Crippen molar-refractivity contribution in [3.8, 4) is 17.0 Å². The number of pyridine rings is 1. The van der Waals surface area contributed by atoms with Crippen molar-refractivity contribution in [1.82, 2.24) is 15.0 Å². The van der Waals surface area contributed by atoms with Gasteiger partial charge in [-0.2, -0.15) is 9.97 Å². The van der Waals surface area contributed by atoms with Gasteiger partial charge in [0.15, 0.2) is 5.65 Å². The molecule has 35 heavy (non-hydrogen) atoms. The van der Waals surface area contributed by atoms with Crippen LogP contribution in [0, 0.1) is 6.92 Å². The van der Waals surface area contributed by atoms with Gasteiger partial charge in [-0.05, 0) is 69.5 Å². The highest BCUT2D eigenvalue weighted by molar-refractivity contribution is 5.90. The molecule has 0 radical (unpaired) electrons. The fourth-order valence-electron chi connectivity index (χ4n) is 5.84. The van der Waals surface area contributed by atoms with E-state index < -0.39 is 0 Å². The molecule has 2 bridgehead atoms. The van der Waals surface area contributed by atoms with Gasteiger partial charge in [0, 0.05) is 18.7 Å². The first-order chi connectivity index (χ1) is 17.0. The van der Waals surface area contributed by atoms with Crippen LogP contribution in [-0.4, -0.2) is 72.7 Å². The summed E-state index contributed by atoms with van der Waals surface area (Å²) >= 11 is 0. The molecule has 0 saturated carbocycles. The van der Waals surface area contributed by atoms with Crippen LogP contribution in [0.25, 0.3) is 22.3 Å². The Labute approximate surface area is 206 Å². The second-order valence-corrected chi connectivity index (χ2v) is 10.1. The third-order valence-electron chi connectivity index (χ3n) is 7.41. The molecule has 0 spiro atoms. The second kappa shape index (κ2) is 8.91. The predicted octanol–water partition coefficient (Wildman–Crippen LogP) is 3.99. The van der Waals surface area contributed by atoms with E-state index in [1.54, 1.807) is 7.11 Å². The van der Waals surface area contributed by atoms with Gasteiger partial charge in [-0.1, -0.05) is 0 Å². The number of anilines is 2. The van der Waals surface area contributed by atoms with Crippen molar-refractivity contribution in [2.24, 2.45) is 0 Å². The number of nitrogens with zero attached hydrogens (tertiary/aromatic N) is 5. The van der Waals surface area contributed by atoms with Crippen molar-refractivity contribution < 1.29 is 14.2 Å². The molecule has 184 valence electrons. The van der Waals surface area contributed by atoms with Gasteiger partial charge in [0.1, 0.15) is 11.6 Å². The van der Waals surface area contributed by atoms with E-state index in [1.165, 1.54) is 0 Å². The molecule has 6 rings (SSSR count). The summed E-state index contributed by atoms with van der Waals surface area (Å²) in [4.78, 5) is 20.0. The Balaban J connectivity index is 1.48. The Morgan fingerprint density at radius 2 is 1.69 bits per heavy atom. The number of hydrogen-bond donors (Lipinski definition) is 0. The van der Waals surface area contributed by atoms with E-state index in [4.69, 9.17) is 29.2 Å². The van der Waals surface area contributed by atoms with Gasteiger partial charge in [0.2, 0.25) is 5.95 Å². The molecule has 8 nitrogen and oxygen atoms in total. The molecule has 4 atom stereocenters. The highest BCUT2D eigenvalue weighted by atomic mass is 16.5. The molecule has 0 aliphatic carbocycles. The van der Waals surface area contributed by atoms with Gasteiger partial charge in [-0.3, -0.25) is 0 Å². The minimum atomic E-state index is 0.140. The molecule has 0 N–H and O–H groups in total. The van der Waals surface area contributed by atoms with Gasteiger partial charge in [-0.15, -0.1) is 0 Å². The van der Waals surface area contributed by atoms with Crippen LogP contribution in [-0.2, 0) is 9.47 Å². The first kappa shape index (κ1) is 22.5. The topological polar surface area (TPSA) is 72.8 Å². The number of aromatic nitrogens is 3. The van der Waals surface area contributed by atoms with E-state index in [9.17, 15) is 0 Å². The Bertz CT molecular complexity index is 1220. The minimum absolute atomic E-state index is 0.140. The molecule has 3 fully saturated rings. The van der Waals surface area contributed by atoms with Crippen molar-refractivity contribution in [2.45, 2.75) is 57.9 Å². The molecule has 0 unspecified atom stereocenters. The summed E-state index contributed by atoms with van der Waals surface area (Å²) in [6, 6.07) is 11.0. The number of fused-ring (bicyclic) bond motifs is 3. The Morgan fingerprint density at radius 1 is 0.943 bits per heavy atom. The maximum atomic E-state index is 6.01. The number of methoxy groups -OCH3 is 1. The number of aryl methyl sites for hydroxylation is 1. The Morgan fingerprint density at radius 3 is 2.37 bits per heavy atom. The first-order valence-electron chi connectivity index (χ1n) is 12.6. The Kier molecular flexibility index (Phi) is 5.73. The predicted molar refractivity (Wildman–Crippen MR) is 136 cm³/mol. The molecule has 3 aliphatic rings. The van der Waals surface area contributed by atoms with E-state index in [1.807, 2.05) is 6.07 Å². The Hall–Kier alpha value is -2.97. The van der Waals surface area contributed by atoms with Crippen LogP contribution in [0.4, 0.5) is 11.8 Å². The summed E-state index contributed by atoms with van der Waals surface area (Å²) in [5, 5.41) is 0.977. The SMILES string of the molecule is COc1ccc(-c2ccc3c(N4C[C@@H](C)O[C@@H](C)C4)nc(N4[C@@H]5CC[C@H]4COC5)nc3n2)cc1C.